The second kappa shape index (κ2) is 10.3. The SMILES string of the molecule is CN=C(NCCC(=O)NC1CCCCC1)N1CCN(Cc2ccon2)CC1. The predicted molar refractivity (Wildman–Crippen MR) is 104 cm³/mol. The van der Waals surface area contributed by atoms with Gasteiger partial charge < -0.3 is 20.1 Å². The van der Waals surface area contributed by atoms with Gasteiger partial charge in [0.15, 0.2) is 5.96 Å². The lowest BCUT2D eigenvalue weighted by Gasteiger charge is -2.36. The first kappa shape index (κ1) is 19.7. The van der Waals surface area contributed by atoms with Crippen LogP contribution in [0.5, 0.6) is 0 Å². The van der Waals surface area contributed by atoms with E-state index in [1.165, 1.54) is 19.3 Å². The quantitative estimate of drug-likeness (QED) is 0.573. The number of piperazine rings is 1. The maximum absolute atomic E-state index is 12.1. The topological polar surface area (TPSA) is 86.0 Å². The Morgan fingerprint density at radius 3 is 2.70 bits per heavy atom. The number of carbonyl (C=O) groups excluding carboxylic acids is 1. The molecule has 8 heteroatoms. The number of rotatable bonds is 6. The fourth-order valence-corrected chi connectivity index (χ4v) is 3.83. The van der Waals surface area contributed by atoms with Gasteiger partial charge in [-0.15, -0.1) is 0 Å². The molecule has 0 spiro atoms. The van der Waals surface area contributed by atoms with Gasteiger partial charge in [-0.3, -0.25) is 14.7 Å². The third-order valence-corrected chi connectivity index (χ3v) is 5.37. The first-order valence-corrected chi connectivity index (χ1v) is 10.1. The molecular weight excluding hydrogens is 344 g/mol. The Kier molecular flexibility index (Phi) is 7.50. The van der Waals surface area contributed by atoms with Crippen LogP contribution in [0, 0.1) is 0 Å². The maximum atomic E-state index is 12.1. The Labute approximate surface area is 161 Å². The molecule has 2 aliphatic rings. The summed E-state index contributed by atoms with van der Waals surface area (Å²) in [5.41, 5.74) is 0.968. The summed E-state index contributed by atoms with van der Waals surface area (Å²) < 4.78 is 4.90. The van der Waals surface area contributed by atoms with Gasteiger partial charge >= 0.3 is 0 Å². The zero-order valence-corrected chi connectivity index (χ0v) is 16.3. The lowest BCUT2D eigenvalue weighted by Crippen LogP contribution is -2.52. The summed E-state index contributed by atoms with van der Waals surface area (Å²) in [7, 11) is 1.80. The number of nitrogens with one attached hydrogen (secondary N) is 2. The van der Waals surface area contributed by atoms with Gasteiger partial charge in [0.2, 0.25) is 5.91 Å². The number of hydrogen-bond donors (Lipinski definition) is 2. The summed E-state index contributed by atoms with van der Waals surface area (Å²) in [6.45, 7) is 5.16. The Morgan fingerprint density at radius 2 is 2.04 bits per heavy atom. The van der Waals surface area contributed by atoms with Gasteiger partial charge in [0, 0.05) is 64.8 Å². The molecule has 0 bridgehead atoms. The van der Waals surface area contributed by atoms with E-state index >= 15 is 0 Å². The zero-order valence-electron chi connectivity index (χ0n) is 16.3. The highest BCUT2D eigenvalue weighted by atomic mass is 16.5. The van der Waals surface area contributed by atoms with E-state index in [1.54, 1.807) is 13.3 Å². The van der Waals surface area contributed by atoms with Crippen molar-refractivity contribution in [1.29, 1.82) is 0 Å². The van der Waals surface area contributed by atoms with E-state index in [1.807, 2.05) is 6.07 Å². The minimum Gasteiger partial charge on any atom is -0.364 e. The highest BCUT2D eigenvalue weighted by Crippen LogP contribution is 2.17. The number of hydrogen-bond acceptors (Lipinski definition) is 5. The van der Waals surface area contributed by atoms with Crippen LogP contribution in [-0.4, -0.2) is 72.6 Å². The highest BCUT2D eigenvalue weighted by molar-refractivity contribution is 5.81. The van der Waals surface area contributed by atoms with Crippen LogP contribution < -0.4 is 10.6 Å². The van der Waals surface area contributed by atoms with Crippen molar-refractivity contribution in [1.82, 2.24) is 25.6 Å². The number of nitrogens with zero attached hydrogens (tertiary/aromatic N) is 4. The van der Waals surface area contributed by atoms with E-state index in [2.05, 4.69) is 30.6 Å². The van der Waals surface area contributed by atoms with E-state index in [0.29, 0.717) is 19.0 Å². The van der Waals surface area contributed by atoms with Crippen LogP contribution in [-0.2, 0) is 11.3 Å². The number of amides is 1. The molecule has 150 valence electrons. The molecule has 1 aliphatic heterocycles. The number of guanidine groups is 1. The van der Waals surface area contributed by atoms with Crippen LogP contribution in [0.2, 0.25) is 0 Å². The van der Waals surface area contributed by atoms with Crippen LogP contribution in [0.25, 0.3) is 0 Å². The Morgan fingerprint density at radius 1 is 1.26 bits per heavy atom. The van der Waals surface area contributed by atoms with Crippen molar-refractivity contribution in [3.05, 3.63) is 18.0 Å². The van der Waals surface area contributed by atoms with Crippen LogP contribution in [0.4, 0.5) is 0 Å². The number of aliphatic imine (C=N–C) groups is 1. The van der Waals surface area contributed by atoms with E-state index < -0.39 is 0 Å². The van der Waals surface area contributed by atoms with Crippen molar-refractivity contribution in [2.75, 3.05) is 39.8 Å². The Hall–Kier alpha value is -2.09. The van der Waals surface area contributed by atoms with Crippen molar-refractivity contribution >= 4 is 11.9 Å². The first-order chi connectivity index (χ1) is 13.2. The van der Waals surface area contributed by atoms with Gasteiger partial charge in [0.25, 0.3) is 0 Å². The van der Waals surface area contributed by atoms with E-state index in [0.717, 1.165) is 57.2 Å². The predicted octanol–water partition coefficient (Wildman–Crippen LogP) is 1.21. The Bertz CT molecular complexity index is 589. The second-order valence-corrected chi connectivity index (χ2v) is 7.38. The largest absolute Gasteiger partial charge is 0.364 e. The van der Waals surface area contributed by atoms with E-state index in [-0.39, 0.29) is 5.91 Å². The molecule has 1 amide bonds. The van der Waals surface area contributed by atoms with Crippen molar-refractivity contribution in [3.63, 3.8) is 0 Å². The lowest BCUT2D eigenvalue weighted by molar-refractivity contribution is -0.121. The van der Waals surface area contributed by atoms with Crippen molar-refractivity contribution in [2.24, 2.45) is 4.99 Å². The van der Waals surface area contributed by atoms with Crippen molar-refractivity contribution in [3.8, 4) is 0 Å². The van der Waals surface area contributed by atoms with Crippen molar-refractivity contribution in [2.45, 2.75) is 51.1 Å². The first-order valence-electron chi connectivity index (χ1n) is 10.1. The summed E-state index contributed by atoms with van der Waals surface area (Å²) in [5.74, 6) is 1.02. The van der Waals surface area contributed by atoms with Crippen LogP contribution in [0.1, 0.15) is 44.2 Å². The van der Waals surface area contributed by atoms with Crippen LogP contribution >= 0.6 is 0 Å². The average Bonchev–Trinajstić information content (AvgIpc) is 3.20. The third-order valence-electron chi connectivity index (χ3n) is 5.37. The molecule has 1 saturated carbocycles. The van der Waals surface area contributed by atoms with Crippen molar-refractivity contribution < 1.29 is 9.32 Å². The summed E-state index contributed by atoms with van der Waals surface area (Å²) in [6, 6.07) is 2.29. The molecule has 0 radical (unpaired) electrons. The molecule has 2 N–H and O–H groups in total. The van der Waals surface area contributed by atoms with Gasteiger partial charge in [0.1, 0.15) is 6.26 Å². The molecule has 3 rings (SSSR count). The molecule has 0 unspecified atom stereocenters. The van der Waals surface area contributed by atoms with Gasteiger partial charge in [-0.25, -0.2) is 0 Å². The number of aromatic nitrogens is 1. The molecule has 8 nitrogen and oxygen atoms in total. The maximum Gasteiger partial charge on any atom is 0.221 e. The van der Waals surface area contributed by atoms with E-state index in [9.17, 15) is 4.79 Å². The second-order valence-electron chi connectivity index (χ2n) is 7.38. The Balaban J connectivity index is 1.33. The minimum atomic E-state index is 0.141. The monoisotopic (exact) mass is 376 g/mol. The smallest absolute Gasteiger partial charge is 0.221 e. The van der Waals surface area contributed by atoms with Gasteiger partial charge in [-0.1, -0.05) is 24.4 Å². The summed E-state index contributed by atoms with van der Waals surface area (Å²) in [4.78, 5) is 21.1. The fourth-order valence-electron chi connectivity index (χ4n) is 3.83. The van der Waals surface area contributed by atoms with Crippen LogP contribution in [0.15, 0.2) is 21.8 Å². The summed E-state index contributed by atoms with van der Waals surface area (Å²) >= 11 is 0. The molecular formula is C19H32N6O2. The molecule has 1 aliphatic carbocycles. The van der Waals surface area contributed by atoms with Gasteiger partial charge in [-0.2, -0.15) is 0 Å². The number of carbonyl (C=O) groups is 1. The fraction of sp³-hybridized carbons (Fsp3) is 0.737. The zero-order chi connectivity index (χ0) is 18.9. The summed E-state index contributed by atoms with van der Waals surface area (Å²) in [6.07, 6.45) is 8.12. The molecule has 2 heterocycles. The normalized spacial score (nSPS) is 19.9. The minimum absolute atomic E-state index is 0.141. The molecule has 0 aromatic carbocycles. The summed E-state index contributed by atoms with van der Waals surface area (Å²) in [5, 5.41) is 10.5. The standard InChI is InChI=1S/C19H32N6O2/c1-20-19(21-9-7-18(26)22-16-5-3-2-4-6-16)25-12-10-24(11-13-25)15-17-8-14-27-23-17/h8,14,16H,2-7,9-13,15H2,1H3,(H,20,21)(H,22,26). The molecule has 27 heavy (non-hydrogen) atoms. The van der Waals surface area contributed by atoms with Gasteiger partial charge in [0.05, 0.1) is 5.69 Å². The molecule has 1 aromatic heterocycles. The van der Waals surface area contributed by atoms with Gasteiger partial charge in [-0.05, 0) is 12.8 Å². The van der Waals surface area contributed by atoms with Crippen LogP contribution in [0.3, 0.4) is 0 Å². The van der Waals surface area contributed by atoms with E-state index in [4.69, 9.17) is 4.52 Å². The average molecular weight is 377 g/mol. The molecule has 2 fully saturated rings. The molecule has 1 saturated heterocycles. The molecule has 0 atom stereocenters. The highest BCUT2D eigenvalue weighted by Gasteiger charge is 2.20. The lowest BCUT2D eigenvalue weighted by atomic mass is 9.95. The third kappa shape index (κ3) is 6.23. The molecule has 1 aromatic rings.